The molecule has 0 spiro atoms. The zero-order chi connectivity index (χ0) is 25.0. The minimum atomic E-state index is -0.468. The third kappa shape index (κ3) is 6.36. The van der Waals surface area contributed by atoms with Crippen molar-refractivity contribution >= 4 is 34.3 Å². The number of methoxy groups -OCH3 is 1. The standard InChI is InChI=1S/C27H33N3O4S/c1-27(2,3)25(31)28-20-12-9-18(10-13-20)16-30-26(32)35-17-22(29-30)19-11-14-23(33-4)24(15-19)34-21-7-5-6-8-21/h9-15,21H,5-8,16-17H2,1-4H3,(H,28,31). The first kappa shape index (κ1) is 25.1. The molecule has 0 aromatic heterocycles. The van der Waals surface area contributed by atoms with Gasteiger partial charge in [-0.25, -0.2) is 5.01 Å². The van der Waals surface area contributed by atoms with Gasteiger partial charge in [0.05, 0.1) is 25.5 Å². The van der Waals surface area contributed by atoms with E-state index in [-0.39, 0.29) is 17.3 Å². The molecule has 2 amide bonds. The van der Waals surface area contributed by atoms with E-state index in [1.807, 2.05) is 63.2 Å². The number of amides is 2. The molecule has 2 aromatic rings. The molecule has 35 heavy (non-hydrogen) atoms. The Hall–Kier alpha value is -3.00. The molecular formula is C27H33N3O4S. The Kier molecular flexibility index (Phi) is 7.69. The van der Waals surface area contributed by atoms with E-state index in [0.29, 0.717) is 18.0 Å². The van der Waals surface area contributed by atoms with Crippen LogP contribution in [0.1, 0.15) is 57.6 Å². The normalized spacial score (nSPS) is 16.7. The van der Waals surface area contributed by atoms with Crippen LogP contribution in [-0.2, 0) is 11.3 Å². The average molecular weight is 496 g/mol. The van der Waals surface area contributed by atoms with Gasteiger partial charge in [-0.15, -0.1) is 0 Å². The maximum atomic E-state index is 12.6. The molecule has 8 heteroatoms. The molecule has 1 saturated carbocycles. The Morgan fingerprint density at radius 2 is 1.83 bits per heavy atom. The van der Waals surface area contributed by atoms with Crippen molar-refractivity contribution in [1.82, 2.24) is 5.01 Å². The number of benzene rings is 2. The van der Waals surface area contributed by atoms with Crippen LogP contribution in [0.2, 0.25) is 0 Å². The van der Waals surface area contributed by atoms with Gasteiger partial charge in [0.1, 0.15) is 0 Å². The Balaban J connectivity index is 1.48. The van der Waals surface area contributed by atoms with Gasteiger partial charge in [-0.05, 0) is 61.6 Å². The average Bonchev–Trinajstić information content (AvgIpc) is 3.34. The number of ether oxygens (including phenoxy) is 2. The molecule has 1 aliphatic carbocycles. The topological polar surface area (TPSA) is 80.2 Å². The van der Waals surface area contributed by atoms with Crippen molar-refractivity contribution in [2.24, 2.45) is 10.5 Å². The van der Waals surface area contributed by atoms with Crippen LogP contribution in [0.3, 0.4) is 0 Å². The van der Waals surface area contributed by atoms with E-state index in [4.69, 9.17) is 9.47 Å². The minimum absolute atomic E-state index is 0.0436. The monoisotopic (exact) mass is 495 g/mol. The third-order valence-corrected chi connectivity index (χ3v) is 6.98. The van der Waals surface area contributed by atoms with Crippen LogP contribution in [0, 0.1) is 5.41 Å². The van der Waals surface area contributed by atoms with Crippen LogP contribution in [0.15, 0.2) is 47.6 Å². The lowest BCUT2D eigenvalue weighted by molar-refractivity contribution is -0.123. The van der Waals surface area contributed by atoms with Crippen LogP contribution < -0.4 is 14.8 Å². The highest BCUT2D eigenvalue weighted by atomic mass is 32.2. The molecule has 0 saturated heterocycles. The summed E-state index contributed by atoms with van der Waals surface area (Å²) in [7, 11) is 1.64. The Labute approximate surface area is 211 Å². The second-order valence-electron chi connectivity index (χ2n) is 9.95. The number of hydrogen-bond acceptors (Lipinski definition) is 6. The molecule has 0 atom stereocenters. The summed E-state index contributed by atoms with van der Waals surface area (Å²) >= 11 is 1.24. The highest BCUT2D eigenvalue weighted by Gasteiger charge is 2.25. The molecule has 1 N–H and O–H groups in total. The zero-order valence-electron chi connectivity index (χ0n) is 20.8. The lowest BCUT2D eigenvalue weighted by Gasteiger charge is -2.24. The molecule has 0 radical (unpaired) electrons. The molecule has 1 fully saturated rings. The fourth-order valence-corrected chi connectivity index (χ4v) is 4.72. The summed E-state index contributed by atoms with van der Waals surface area (Å²) in [6.45, 7) is 5.97. The fraction of sp³-hybridized carbons (Fsp3) is 0.444. The van der Waals surface area contributed by atoms with E-state index < -0.39 is 5.41 Å². The van der Waals surface area contributed by atoms with Gasteiger partial charge in [-0.2, -0.15) is 5.10 Å². The molecule has 7 nitrogen and oxygen atoms in total. The van der Waals surface area contributed by atoms with E-state index in [1.54, 1.807) is 7.11 Å². The maximum Gasteiger partial charge on any atom is 0.302 e. The summed E-state index contributed by atoms with van der Waals surface area (Å²) in [6, 6.07) is 13.3. The number of nitrogens with zero attached hydrogens (tertiary/aromatic N) is 2. The number of hydrazone groups is 1. The van der Waals surface area contributed by atoms with E-state index in [1.165, 1.54) is 29.6 Å². The maximum absolute atomic E-state index is 12.6. The summed E-state index contributed by atoms with van der Waals surface area (Å²) in [5.41, 5.74) is 2.93. The van der Waals surface area contributed by atoms with Crippen molar-refractivity contribution in [3.05, 3.63) is 53.6 Å². The Morgan fingerprint density at radius 3 is 2.49 bits per heavy atom. The SMILES string of the molecule is COc1ccc(C2=NN(Cc3ccc(NC(=O)C(C)(C)C)cc3)C(=O)SC2)cc1OC1CCCC1. The Morgan fingerprint density at radius 1 is 1.11 bits per heavy atom. The molecule has 0 bridgehead atoms. The summed E-state index contributed by atoms with van der Waals surface area (Å²) in [6.07, 6.45) is 4.72. The lowest BCUT2D eigenvalue weighted by Crippen LogP contribution is -2.29. The number of thioether (sulfide) groups is 1. The van der Waals surface area contributed by atoms with Crippen molar-refractivity contribution in [3.8, 4) is 11.5 Å². The predicted molar refractivity (Wildman–Crippen MR) is 140 cm³/mol. The molecular weight excluding hydrogens is 462 g/mol. The zero-order valence-corrected chi connectivity index (χ0v) is 21.6. The van der Waals surface area contributed by atoms with E-state index in [2.05, 4.69) is 10.4 Å². The molecule has 4 rings (SSSR count). The van der Waals surface area contributed by atoms with E-state index in [9.17, 15) is 9.59 Å². The van der Waals surface area contributed by atoms with Crippen LogP contribution in [0.4, 0.5) is 10.5 Å². The number of carbonyl (C=O) groups excluding carboxylic acids is 2. The fourth-order valence-electron chi connectivity index (χ4n) is 3.98. The number of nitrogens with one attached hydrogen (secondary N) is 1. The lowest BCUT2D eigenvalue weighted by atomic mass is 9.95. The van der Waals surface area contributed by atoms with Crippen molar-refractivity contribution in [2.75, 3.05) is 18.2 Å². The quantitative estimate of drug-likeness (QED) is 0.504. The number of hydrogen-bond donors (Lipinski definition) is 1. The molecule has 1 aliphatic heterocycles. The predicted octanol–water partition coefficient (Wildman–Crippen LogP) is 6.07. The first-order valence-corrected chi connectivity index (χ1v) is 13.0. The number of anilines is 1. The first-order chi connectivity index (χ1) is 16.7. The molecule has 0 unspecified atom stereocenters. The highest BCUT2D eigenvalue weighted by molar-refractivity contribution is 8.14. The smallest absolute Gasteiger partial charge is 0.302 e. The Bertz CT molecular complexity index is 1100. The first-order valence-electron chi connectivity index (χ1n) is 12.0. The summed E-state index contributed by atoms with van der Waals surface area (Å²) in [4.78, 5) is 24.8. The van der Waals surface area contributed by atoms with Crippen LogP contribution in [-0.4, -0.2) is 40.8 Å². The molecule has 2 aliphatic rings. The van der Waals surface area contributed by atoms with Crippen molar-refractivity contribution in [2.45, 2.75) is 59.1 Å². The summed E-state index contributed by atoms with van der Waals surface area (Å²) in [5, 5.41) is 9.00. The van der Waals surface area contributed by atoms with Crippen molar-refractivity contribution < 1.29 is 19.1 Å². The second kappa shape index (κ2) is 10.7. The van der Waals surface area contributed by atoms with Gasteiger partial charge in [0.2, 0.25) is 5.91 Å². The van der Waals surface area contributed by atoms with Gasteiger partial charge in [0, 0.05) is 22.4 Å². The van der Waals surface area contributed by atoms with Gasteiger partial charge in [0.25, 0.3) is 0 Å². The van der Waals surface area contributed by atoms with Crippen LogP contribution in [0.25, 0.3) is 0 Å². The van der Waals surface area contributed by atoms with E-state index in [0.717, 1.165) is 41.1 Å². The van der Waals surface area contributed by atoms with Crippen LogP contribution in [0.5, 0.6) is 11.5 Å². The van der Waals surface area contributed by atoms with E-state index >= 15 is 0 Å². The van der Waals surface area contributed by atoms with Gasteiger partial charge >= 0.3 is 5.24 Å². The van der Waals surface area contributed by atoms with Crippen molar-refractivity contribution in [3.63, 3.8) is 0 Å². The van der Waals surface area contributed by atoms with Gasteiger partial charge in [0.15, 0.2) is 11.5 Å². The van der Waals surface area contributed by atoms with Gasteiger partial charge in [-0.3, -0.25) is 9.59 Å². The second-order valence-corrected chi connectivity index (χ2v) is 10.9. The number of carbonyl (C=O) groups is 2. The largest absolute Gasteiger partial charge is 0.493 e. The van der Waals surface area contributed by atoms with Crippen LogP contribution >= 0.6 is 11.8 Å². The van der Waals surface area contributed by atoms with Gasteiger partial charge in [-0.1, -0.05) is 44.7 Å². The highest BCUT2D eigenvalue weighted by Crippen LogP contribution is 2.33. The van der Waals surface area contributed by atoms with Crippen molar-refractivity contribution in [1.29, 1.82) is 0 Å². The third-order valence-electron chi connectivity index (χ3n) is 6.10. The minimum Gasteiger partial charge on any atom is -0.493 e. The molecule has 186 valence electrons. The van der Waals surface area contributed by atoms with Gasteiger partial charge < -0.3 is 14.8 Å². The summed E-state index contributed by atoms with van der Waals surface area (Å²) in [5.74, 6) is 1.89. The molecule has 2 aromatic carbocycles. The molecule has 1 heterocycles. The number of rotatable bonds is 7. The summed E-state index contributed by atoms with van der Waals surface area (Å²) < 4.78 is 11.7.